The molecular formula is C11H18N2O5S2. The lowest BCUT2D eigenvalue weighted by Crippen LogP contribution is -2.28. The lowest BCUT2D eigenvalue weighted by atomic mass is 10.4. The maximum Gasteiger partial charge on any atom is 0.347 e. The third-order valence-corrected chi connectivity index (χ3v) is 4.72. The number of nitrogens with one attached hydrogen (secondary N) is 1. The van der Waals surface area contributed by atoms with Crippen molar-refractivity contribution >= 4 is 27.3 Å². The van der Waals surface area contributed by atoms with Crippen LogP contribution in [0.15, 0.2) is 0 Å². The van der Waals surface area contributed by atoms with Crippen LogP contribution in [0.4, 0.5) is 0 Å². The van der Waals surface area contributed by atoms with E-state index in [1.807, 2.05) is 13.8 Å². The predicted molar refractivity (Wildman–Crippen MR) is 75.5 cm³/mol. The normalized spacial score (nSPS) is 12.0. The Hall–Kier alpha value is -1.03. The molecule has 0 saturated carbocycles. The Balaban J connectivity index is 2.54. The van der Waals surface area contributed by atoms with E-state index in [0.29, 0.717) is 10.7 Å². The van der Waals surface area contributed by atoms with Gasteiger partial charge >= 0.3 is 5.97 Å². The molecule has 0 aliphatic heterocycles. The van der Waals surface area contributed by atoms with Gasteiger partial charge in [-0.1, -0.05) is 0 Å². The molecule has 2 N–H and O–H groups in total. The van der Waals surface area contributed by atoms with E-state index < -0.39 is 16.0 Å². The van der Waals surface area contributed by atoms with E-state index in [4.69, 9.17) is 9.84 Å². The molecule has 1 aromatic heterocycles. The number of carboxylic acids is 1. The van der Waals surface area contributed by atoms with Crippen LogP contribution in [0.2, 0.25) is 0 Å². The first-order valence-electron chi connectivity index (χ1n) is 6.00. The zero-order chi connectivity index (χ0) is 15.3. The minimum atomic E-state index is -3.46. The fraction of sp³-hybridized carbons (Fsp3) is 0.636. The molecule has 0 aliphatic carbocycles. The van der Waals surface area contributed by atoms with Crippen molar-refractivity contribution < 1.29 is 23.1 Å². The third kappa shape index (κ3) is 5.53. The van der Waals surface area contributed by atoms with Crippen LogP contribution < -0.4 is 4.72 Å². The van der Waals surface area contributed by atoms with E-state index in [1.54, 1.807) is 6.92 Å². The van der Waals surface area contributed by atoms with Gasteiger partial charge in [-0.25, -0.2) is 22.9 Å². The molecule has 0 spiro atoms. The van der Waals surface area contributed by atoms with Crippen molar-refractivity contribution in [1.82, 2.24) is 9.71 Å². The first kappa shape index (κ1) is 17.0. The van der Waals surface area contributed by atoms with Crippen LogP contribution in [0.1, 0.15) is 34.2 Å². The molecule has 0 radical (unpaired) electrons. The fourth-order valence-corrected chi connectivity index (χ4v) is 3.11. The second-order valence-electron chi connectivity index (χ2n) is 4.39. The zero-order valence-electron chi connectivity index (χ0n) is 11.5. The van der Waals surface area contributed by atoms with Gasteiger partial charge in [0.1, 0.15) is 9.88 Å². The lowest BCUT2D eigenvalue weighted by molar-refractivity contribution is 0.0701. The topological polar surface area (TPSA) is 106 Å². The van der Waals surface area contributed by atoms with Gasteiger partial charge in [-0.05, 0) is 20.8 Å². The molecular weight excluding hydrogens is 304 g/mol. The van der Waals surface area contributed by atoms with E-state index >= 15 is 0 Å². The Labute approximate surface area is 122 Å². The minimum absolute atomic E-state index is 0.0111. The van der Waals surface area contributed by atoms with Gasteiger partial charge in [0.05, 0.1) is 30.7 Å². The van der Waals surface area contributed by atoms with Crippen LogP contribution in [0, 0.1) is 6.92 Å². The summed E-state index contributed by atoms with van der Waals surface area (Å²) in [6.07, 6.45) is -0.0232. The maximum absolute atomic E-state index is 11.7. The van der Waals surface area contributed by atoms with Crippen LogP contribution in [-0.2, 0) is 21.3 Å². The van der Waals surface area contributed by atoms with Crippen LogP contribution in [0.3, 0.4) is 0 Å². The Morgan fingerprint density at radius 2 is 2.15 bits per heavy atom. The fourth-order valence-electron chi connectivity index (χ4n) is 1.36. The summed E-state index contributed by atoms with van der Waals surface area (Å²) in [6.45, 7) is 5.33. The summed E-state index contributed by atoms with van der Waals surface area (Å²) in [5.74, 6) is -1.19. The third-order valence-electron chi connectivity index (χ3n) is 2.28. The molecule has 0 aliphatic rings. The second kappa shape index (κ2) is 7.11. The molecule has 1 heterocycles. The van der Waals surface area contributed by atoms with Gasteiger partial charge in [0.15, 0.2) is 0 Å². The quantitative estimate of drug-likeness (QED) is 0.739. The number of hydrogen-bond donors (Lipinski definition) is 2. The first-order chi connectivity index (χ1) is 9.21. The van der Waals surface area contributed by atoms with Gasteiger partial charge in [0.25, 0.3) is 0 Å². The number of carbonyl (C=O) groups is 1. The van der Waals surface area contributed by atoms with Crippen LogP contribution in [0.5, 0.6) is 0 Å². The molecule has 114 valence electrons. The highest BCUT2D eigenvalue weighted by Gasteiger charge is 2.16. The molecule has 0 unspecified atom stereocenters. The van der Waals surface area contributed by atoms with E-state index in [2.05, 4.69) is 9.71 Å². The number of ether oxygens (including phenoxy) is 1. The number of aromatic nitrogens is 1. The summed E-state index contributed by atoms with van der Waals surface area (Å²) < 4.78 is 30.9. The molecule has 0 aromatic carbocycles. The number of aryl methyl sites for hydroxylation is 1. The Morgan fingerprint density at radius 1 is 1.50 bits per heavy atom. The number of aromatic carboxylic acids is 1. The summed E-state index contributed by atoms with van der Waals surface area (Å²) in [5.41, 5.74) is 0.389. The summed E-state index contributed by atoms with van der Waals surface area (Å²) in [7, 11) is -3.46. The Kier molecular flexibility index (Phi) is 6.06. The first-order valence-corrected chi connectivity index (χ1v) is 8.46. The monoisotopic (exact) mass is 322 g/mol. The van der Waals surface area contributed by atoms with Crippen molar-refractivity contribution in [2.24, 2.45) is 0 Å². The van der Waals surface area contributed by atoms with Gasteiger partial charge < -0.3 is 9.84 Å². The van der Waals surface area contributed by atoms with E-state index in [0.717, 1.165) is 11.3 Å². The van der Waals surface area contributed by atoms with Gasteiger partial charge in [-0.15, -0.1) is 11.3 Å². The largest absolute Gasteiger partial charge is 0.477 e. The lowest BCUT2D eigenvalue weighted by Gasteiger charge is -2.08. The van der Waals surface area contributed by atoms with Crippen LogP contribution >= 0.6 is 11.3 Å². The van der Waals surface area contributed by atoms with Crippen molar-refractivity contribution in [3.63, 3.8) is 0 Å². The molecule has 0 amide bonds. The molecule has 1 aromatic rings. The average molecular weight is 322 g/mol. The van der Waals surface area contributed by atoms with Gasteiger partial charge in [0, 0.05) is 0 Å². The van der Waals surface area contributed by atoms with E-state index in [9.17, 15) is 13.2 Å². The van der Waals surface area contributed by atoms with Crippen molar-refractivity contribution in [2.45, 2.75) is 33.4 Å². The van der Waals surface area contributed by atoms with Gasteiger partial charge in [-0.2, -0.15) is 0 Å². The number of rotatable bonds is 8. The smallest absolute Gasteiger partial charge is 0.347 e. The molecule has 1 rings (SSSR count). The Bertz CT molecular complexity index is 565. The van der Waals surface area contributed by atoms with Gasteiger partial charge in [-0.3, -0.25) is 0 Å². The second-order valence-corrected chi connectivity index (χ2v) is 7.40. The number of nitrogens with zero attached hydrogens (tertiary/aromatic N) is 1. The highest BCUT2D eigenvalue weighted by Crippen LogP contribution is 2.17. The molecule has 0 saturated heterocycles. The molecule has 7 nitrogen and oxygen atoms in total. The van der Waals surface area contributed by atoms with Crippen molar-refractivity contribution in [2.75, 3.05) is 12.4 Å². The molecule has 0 fully saturated rings. The molecule has 0 bridgehead atoms. The van der Waals surface area contributed by atoms with Crippen LogP contribution in [0.25, 0.3) is 0 Å². The average Bonchev–Trinajstić information content (AvgIpc) is 2.67. The molecule has 9 heteroatoms. The number of thiazole rings is 1. The standard InChI is InChI=1S/C11H18N2O5S2/c1-7(2)18-4-5-20(16,17)12-6-9-13-8(3)10(19-9)11(14)15/h7,12H,4-6H2,1-3H3,(H,14,15). The number of sulfonamides is 1. The molecule has 20 heavy (non-hydrogen) atoms. The SMILES string of the molecule is Cc1nc(CNS(=O)(=O)CCOC(C)C)sc1C(=O)O. The summed E-state index contributed by atoms with van der Waals surface area (Å²) in [5, 5.41) is 9.31. The van der Waals surface area contributed by atoms with E-state index in [-0.39, 0.29) is 29.9 Å². The molecule has 0 atom stereocenters. The maximum atomic E-state index is 11.7. The summed E-state index contributed by atoms with van der Waals surface area (Å²) >= 11 is 0.968. The van der Waals surface area contributed by atoms with Crippen molar-refractivity contribution in [3.05, 3.63) is 15.6 Å². The number of carboxylic acid groups (broad SMARTS) is 1. The van der Waals surface area contributed by atoms with Crippen molar-refractivity contribution in [3.8, 4) is 0 Å². The summed E-state index contributed by atoms with van der Waals surface area (Å²) in [4.78, 5) is 15.0. The predicted octanol–water partition coefficient (Wildman–Crippen LogP) is 0.994. The van der Waals surface area contributed by atoms with Crippen LogP contribution in [-0.4, -0.2) is 42.9 Å². The minimum Gasteiger partial charge on any atom is -0.477 e. The van der Waals surface area contributed by atoms with E-state index in [1.165, 1.54) is 0 Å². The number of hydrogen-bond acceptors (Lipinski definition) is 6. The highest BCUT2D eigenvalue weighted by atomic mass is 32.2. The summed E-state index contributed by atoms with van der Waals surface area (Å²) in [6, 6.07) is 0. The van der Waals surface area contributed by atoms with Crippen molar-refractivity contribution in [1.29, 1.82) is 0 Å². The van der Waals surface area contributed by atoms with Gasteiger partial charge in [0.2, 0.25) is 10.0 Å². The zero-order valence-corrected chi connectivity index (χ0v) is 13.2. The Morgan fingerprint density at radius 3 is 2.65 bits per heavy atom. The highest BCUT2D eigenvalue weighted by molar-refractivity contribution is 7.89.